The summed E-state index contributed by atoms with van der Waals surface area (Å²) in [6.45, 7) is 5.67. The predicted molar refractivity (Wildman–Crippen MR) is 144 cm³/mol. The number of phenolic OH excluding ortho intramolecular Hbond substituents is 1. The lowest BCUT2D eigenvalue weighted by Gasteiger charge is -2.23. The third-order valence-electron chi connectivity index (χ3n) is 6.72. The Bertz CT molecular complexity index is 1680. The molecule has 1 aromatic heterocycles. The number of aliphatic hydroxyl groups is 1. The van der Waals surface area contributed by atoms with Gasteiger partial charge in [-0.2, -0.15) is 0 Å². The first kappa shape index (κ1) is 26.3. The fourth-order valence-electron chi connectivity index (χ4n) is 4.78. The molecular formula is C29H24F2N2O5S. The van der Waals surface area contributed by atoms with Crippen LogP contribution in [0.2, 0.25) is 0 Å². The van der Waals surface area contributed by atoms with Crippen molar-refractivity contribution in [3.8, 4) is 11.5 Å². The summed E-state index contributed by atoms with van der Waals surface area (Å²) in [7, 11) is 1.54. The van der Waals surface area contributed by atoms with Gasteiger partial charge in [-0.1, -0.05) is 37.3 Å². The third kappa shape index (κ3) is 4.40. The van der Waals surface area contributed by atoms with Crippen molar-refractivity contribution < 1.29 is 33.3 Å². The van der Waals surface area contributed by atoms with Crippen molar-refractivity contribution in [1.29, 1.82) is 0 Å². The molecule has 7 nitrogen and oxygen atoms in total. The number of anilines is 1. The number of aromatic hydroxyl groups is 1. The van der Waals surface area contributed by atoms with Crippen LogP contribution in [0.25, 0.3) is 16.0 Å². The smallest absolute Gasteiger partial charge is 0.301 e. The molecule has 0 bridgehead atoms. The summed E-state index contributed by atoms with van der Waals surface area (Å²) < 4.78 is 34.0. The van der Waals surface area contributed by atoms with Gasteiger partial charge in [0.15, 0.2) is 10.9 Å². The van der Waals surface area contributed by atoms with Crippen molar-refractivity contribution >= 4 is 44.1 Å². The molecule has 1 atom stereocenters. The SMILES string of the molecule is COc1cc(C)c(/C(O)=C2\C(=O)C(=O)N(c3nc4c(F)cc(F)cc4s3)C2c2ccc(O)cc2)cc1C(C)C. The van der Waals surface area contributed by atoms with Crippen molar-refractivity contribution in [2.75, 3.05) is 12.0 Å². The molecule has 0 radical (unpaired) electrons. The first-order chi connectivity index (χ1) is 18.5. The molecule has 1 saturated heterocycles. The zero-order valence-electron chi connectivity index (χ0n) is 21.5. The van der Waals surface area contributed by atoms with E-state index in [2.05, 4.69) is 4.98 Å². The molecule has 0 aliphatic carbocycles. The second-order valence-corrected chi connectivity index (χ2v) is 10.6. The highest BCUT2D eigenvalue weighted by atomic mass is 32.1. The molecule has 10 heteroatoms. The second-order valence-electron chi connectivity index (χ2n) is 9.56. The van der Waals surface area contributed by atoms with Gasteiger partial charge in [0, 0.05) is 11.6 Å². The lowest BCUT2D eigenvalue weighted by atomic mass is 9.91. The molecule has 1 unspecified atom stereocenters. The summed E-state index contributed by atoms with van der Waals surface area (Å²) in [4.78, 5) is 32.2. The summed E-state index contributed by atoms with van der Waals surface area (Å²) in [6, 6.07) is 9.92. The standard InChI is InChI=1S/C29H24F2N2O5S/c1-13(2)18-12-19(14(3)9-21(18)38-4)26(35)23-25(15-5-7-17(34)8-6-15)33(28(37)27(23)36)29-32-24-20(31)10-16(30)11-22(24)39-29/h5-13,25,34-35H,1-4H3/b26-23+. The minimum atomic E-state index is -1.15. The Kier molecular flexibility index (Phi) is 6.59. The van der Waals surface area contributed by atoms with Gasteiger partial charge in [-0.25, -0.2) is 13.8 Å². The van der Waals surface area contributed by atoms with Gasteiger partial charge in [-0.05, 0) is 59.9 Å². The molecule has 3 aromatic carbocycles. The molecule has 0 saturated carbocycles. The largest absolute Gasteiger partial charge is 0.508 e. The third-order valence-corrected chi connectivity index (χ3v) is 7.72. The van der Waals surface area contributed by atoms with Gasteiger partial charge in [0.2, 0.25) is 0 Å². The predicted octanol–water partition coefficient (Wildman–Crippen LogP) is 6.35. The van der Waals surface area contributed by atoms with Crippen molar-refractivity contribution in [1.82, 2.24) is 4.98 Å². The Morgan fingerprint density at radius 3 is 2.44 bits per heavy atom. The maximum Gasteiger partial charge on any atom is 0.301 e. The highest BCUT2D eigenvalue weighted by Crippen LogP contribution is 2.45. The number of rotatable bonds is 5. The number of carbonyl (C=O) groups excluding carboxylic acids is 2. The Labute approximate surface area is 226 Å². The monoisotopic (exact) mass is 550 g/mol. The van der Waals surface area contributed by atoms with Crippen LogP contribution >= 0.6 is 11.3 Å². The Hall–Kier alpha value is -4.31. The lowest BCUT2D eigenvalue weighted by Crippen LogP contribution is -2.29. The molecule has 4 aromatic rings. The lowest BCUT2D eigenvalue weighted by molar-refractivity contribution is -0.132. The van der Waals surface area contributed by atoms with Crippen molar-refractivity contribution in [2.45, 2.75) is 32.7 Å². The van der Waals surface area contributed by atoms with E-state index < -0.39 is 35.1 Å². The number of aromatic nitrogens is 1. The van der Waals surface area contributed by atoms with E-state index in [1.54, 1.807) is 26.2 Å². The van der Waals surface area contributed by atoms with Gasteiger partial charge in [-0.3, -0.25) is 14.5 Å². The number of Topliss-reactive ketones (excluding diaryl/α,β-unsaturated/α-hetero) is 1. The number of hydrogen-bond donors (Lipinski definition) is 2. The highest BCUT2D eigenvalue weighted by Gasteiger charge is 2.48. The molecule has 2 heterocycles. The summed E-state index contributed by atoms with van der Waals surface area (Å²) in [6.07, 6.45) is 0. The first-order valence-electron chi connectivity index (χ1n) is 12.1. The fraction of sp³-hybridized carbons (Fsp3) is 0.207. The van der Waals surface area contributed by atoms with Crippen LogP contribution in [0.5, 0.6) is 11.5 Å². The molecule has 2 N–H and O–H groups in total. The van der Waals surface area contributed by atoms with E-state index in [1.807, 2.05) is 13.8 Å². The topological polar surface area (TPSA) is 100.0 Å². The van der Waals surface area contributed by atoms with Gasteiger partial charge >= 0.3 is 5.91 Å². The number of thiazole rings is 1. The Morgan fingerprint density at radius 2 is 1.79 bits per heavy atom. The van der Waals surface area contributed by atoms with Gasteiger partial charge in [-0.15, -0.1) is 0 Å². The minimum absolute atomic E-state index is 0.0282. The number of phenols is 1. The van der Waals surface area contributed by atoms with Crippen LogP contribution in [0.1, 0.15) is 48.1 Å². The second kappa shape index (κ2) is 9.77. The molecule has 1 fully saturated rings. The van der Waals surface area contributed by atoms with Crippen LogP contribution < -0.4 is 9.64 Å². The van der Waals surface area contributed by atoms with Crippen LogP contribution in [0, 0.1) is 18.6 Å². The summed E-state index contributed by atoms with van der Waals surface area (Å²) in [5.41, 5.74) is 1.81. The zero-order valence-corrected chi connectivity index (χ0v) is 22.3. The summed E-state index contributed by atoms with van der Waals surface area (Å²) in [5, 5.41) is 21.4. The molecule has 200 valence electrons. The molecule has 1 amide bonds. The minimum Gasteiger partial charge on any atom is -0.508 e. The van der Waals surface area contributed by atoms with E-state index in [0.717, 1.165) is 27.9 Å². The van der Waals surface area contributed by atoms with Crippen LogP contribution in [0.3, 0.4) is 0 Å². The van der Waals surface area contributed by atoms with Crippen molar-refractivity contribution in [3.05, 3.63) is 88.0 Å². The Morgan fingerprint density at radius 1 is 1.10 bits per heavy atom. The number of aliphatic hydroxyl groups excluding tert-OH is 1. The van der Waals surface area contributed by atoms with Crippen molar-refractivity contribution in [2.24, 2.45) is 0 Å². The summed E-state index contributed by atoms with van der Waals surface area (Å²) >= 11 is 0.846. The number of ketones is 1. The van der Waals surface area contributed by atoms with Crippen LogP contribution in [0.15, 0.2) is 54.1 Å². The first-order valence-corrected chi connectivity index (χ1v) is 12.9. The van der Waals surface area contributed by atoms with E-state index in [4.69, 9.17) is 4.74 Å². The number of carbonyl (C=O) groups is 2. The number of fused-ring (bicyclic) bond motifs is 1. The number of amides is 1. The maximum absolute atomic E-state index is 14.5. The van der Waals surface area contributed by atoms with E-state index in [0.29, 0.717) is 28.5 Å². The van der Waals surface area contributed by atoms with Gasteiger partial charge < -0.3 is 14.9 Å². The van der Waals surface area contributed by atoms with Crippen LogP contribution in [0.4, 0.5) is 13.9 Å². The highest BCUT2D eigenvalue weighted by molar-refractivity contribution is 7.22. The maximum atomic E-state index is 14.5. The van der Waals surface area contributed by atoms with Gasteiger partial charge in [0.25, 0.3) is 5.78 Å². The number of nitrogens with zero attached hydrogens (tertiary/aromatic N) is 2. The fourth-order valence-corrected chi connectivity index (χ4v) is 5.81. The average molecular weight is 551 g/mol. The Balaban J connectivity index is 1.76. The quantitative estimate of drug-likeness (QED) is 0.171. The molecule has 1 aliphatic heterocycles. The number of halogens is 2. The zero-order chi connectivity index (χ0) is 28.2. The summed E-state index contributed by atoms with van der Waals surface area (Å²) in [5.74, 6) is -3.43. The normalized spacial score (nSPS) is 17.0. The molecule has 0 spiro atoms. The molecular weight excluding hydrogens is 526 g/mol. The molecule has 1 aliphatic rings. The van der Waals surface area contributed by atoms with E-state index in [1.165, 1.54) is 24.3 Å². The molecule has 5 rings (SSSR count). The van der Waals surface area contributed by atoms with Crippen molar-refractivity contribution in [3.63, 3.8) is 0 Å². The number of ether oxygens (including phenoxy) is 1. The molecule has 39 heavy (non-hydrogen) atoms. The average Bonchev–Trinajstić information content (AvgIpc) is 3.42. The van der Waals surface area contributed by atoms with E-state index in [-0.39, 0.29) is 32.6 Å². The van der Waals surface area contributed by atoms with Crippen LogP contribution in [-0.4, -0.2) is 34.0 Å². The van der Waals surface area contributed by atoms with E-state index >= 15 is 0 Å². The van der Waals surface area contributed by atoms with E-state index in [9.17, 15) is 28.6 Å². The van der Waals surface area contributed by atoms with Crippen LogP contribution in [-0.2, 0) is 9.59 Å². The van der Waals surface area contributed by atoms with Gasteiger partial charge in [0.1, 0.15) is 28.6 Å². The number of methoxy groups -OCH3 is 1. The number of hydrogen-bond acceptors (Lipinski definition) is 7. The number of aryl methyl sites for hydroxylation is 1. The van der Waals surface area contributed by atoms with Gasteiger partial charge in [0.05, 0.1) is 23.4 Å². The number of benzene rings is 3.